The van der Waals surface area contributed by atoms with E-state index < -0.39 is 10.0 Å². The summed E-state index contributed by atoms with van der Waals surface area (Å²) < 4.78 is 28.1. The molecule has 0 aliphatic heterocycles. The highest BCUT2D eigenvalue weighted by Crippen LogP contribution is 2.30. The second-order valence-corrected chi connectivity index (χ2v) is 8.59. The van der Waals surface area contributed by atoms with E-state index in [0.29, 0.717) is 22.2 Å². The minimum Gasteiger partial charge on any atom is -0.232 e. The molecule has 130 valence electrons. The minimum atomic E-state index is -3.65. The first-order valence-corrected chi connectivity index (χ1v) is 10.4. The maximum atomic E-state index is 13.3. The van der Waals surface area contributed by atoms with E-state index >= 15 is 0 Å². The van der Waals surface area contributed by atoms with Crippen molar-refractivity contribution in [3.63, 3.8) is 0 Å². The van der Waals surface area contributed by atoms with Crippen molar-refractivity contribution in [1.82, 2.24) is 8.96 Å². The summed E-state index contributed by atoms with van der Waals surface area (Å²) in [4.78, 5) is 4.99. The lowest BCUT2D eigenvalue weighted by atomic mass is 9.87. The molecular formula is C20H22N2O2S. The highest BCUT2D eigenvalue weighted by molar-refractivity contribution is 7.90. The zero-order valence-corrected chi connectivity index (χ0v) is 15.0. The predicted octanol–water partition coefficient (Wildman–Crippen LogP) is 4.40. The molecule has 1 fully saturated rings. The van der Waals surface area contributed by atoms with Gasteiger partial charge in [0.05, 0.1) is 15.9 Å². The Bertz CT molecular complexity index is 971. The second-order valence-electron chi connectivity index (χ2n) is 6.81. The second kappa shape index (κ2) is 6.64. The largest absolute Gasteiger partial charge is 0.269 e. The van der Waals surface area contributed by atoms with Crippen LogP contribution in [0, 0.1) is 5.92 Å². The maximum Gasteiger partial charge on any atom is 0.269 e. The molecule has 5 heteroatoms. The fourth-order valence-corrected chi connectivity index (χ4v) is 5.32. The zero-order chi connectivity index (χ0) is 17.3. The number of aromatic nitrogens is 2. The molecule has 4 nitrogen and oxygen atoms in total. The van der Waals surface area contributed by atoms with E-state index in [1.54, 1.807) is 24.3 Å². The van der Waals surface area contributed by atoms with E-state index in [2.05, 4.69) is 4.98 Å². The standard InChI is InChI=1S/C20H22N2O2S/c23-25(24,17-11-5-2-6-12-17)22-19-14-8-7-13-18(19)21-20(22)15-16-9-3-1-4-10-16/h2,5-8,11-14,16H,1,3-4,9-10,15H2. The Morgan fingerprint density at radius 2 is 1.60 bits per heavy atom. The summed E-state index contributed by atoms with van der Waals surface area (Å²) >= 11 is 0. The summed E-state index contributed by atoms with van der Waals surface area (Å²) in [5.41, 5.74) is 1.41. The Kier molecular flexibility index (Phi) is 4.34. The monoisotopic (exact) mass is 354 g/mol. The molecule has 1 saturated carbocycles. The molecule has 0 radical (unpaired) electrons. The average molecular weight is 354 g/mol. The van der Waals surface area contributed by atoms with Gasteiger partial charge in [0.15, 0.2) is 0 Å². The number of fused-ring (bicyclic) bond motifs is 1. The number of nitrogens with zero attached hydrogens (tertiary/aromatic N) is 2. The zero-order valence-electron chi connectivity index (χ0n) is 14.1. The molecule has 1 aromatic heterocycles. The Labute approximate surface area is 148 Å². The summed E-state index contributed by atoms with van der Waals surface area (Å²) in [6.07, 6.45) is 6.80. The third-order valence-electron chi connectivity index (χ3n) is 5.06. The quantitative estimate of drug-likeness (QED) is 0.698. The van der Waals surface area contributed by atoms with Crippen LogP contribution in [0.25, 0.3) is 11.0 Å². The van der Waals surface area contributed by atoms with Crippen LogP contribution in [0.5, 0.6) is 0 Å². The summed E-state index contributed by atoms with van der Waals surface area (Å²) in [6.45, 7) is 0. The third kappa shape index (κ3) is 3.09. The van der Waals surface area contributed by atoms with Gasteiger partial charge in [-0.05, 0) is 30.2 Å². The van der Waals surface area contributed by atoms with Gasteiger partial charge in [-0.2, -0.15) is 0 Å². The van der Waals surface area contributed by atoms with Gasteiger partial charge in [-0.15, -0.1) is 0 Å². The summed E-state index contributed by atoms with van der Waals surface area (Å²) in [5.74, 6) is 1.19. The van der Waals surface area contributed by atoms with Crippen molar-refractivity contribution < 1.29 is 8.42 Å². The van der Waals surface area contributed by atoms with E-state index in [4.69, 9.17) is 0 Å². The molecule has 25 heavy (non-hydrogen) atoms. The molecule has 0 spiro atoms. The Hall–Kier alpha value is -2.14. The Morgan fingerprint density at radius 3 is 2.36 bits per heavy atom. The van der Waals surface area contributed by atoms with Gasteiger partial charge in [0.25, 0.3) is 10.0 Å². The summed E-state index contributed by atoms with van der Waals surface area (Å²) in [6, 6.07) is 16.1. The van der Waals surface area contributed by atoms with E-state index in [9.17, 15) is 8.42 Å². The molecule has 1 aliphatic carbocycles. The number of rotatable bonds is 4. The van der Waals surface area contributed by atoms with Gasteiger partial charge >= 0.3 is 0 Å². The van der Waals surface area contributed by atoms with E-state index in [-0.39, 0.29) is 0 Å². The van der Waals surface area contributed by atoms with E-state index in [1.165, 1.54) is 23.2 Å². The first kappa shape index (κ1) is 16.3. The van der Waals surface area contributed by atoms with E-state index in [0.717, 1.165) is 24.8 Å². The van der Waals surface area contributed by atoms with Crippen LogP contribution in [0.3, 0.4) is 0 Å². The van der Waals surface area contributed by atoms with Gasteiger partial charge < -0.3 is 0 Å². The number of imidazole rings is 1. The van der Waals surface area contributed by atoms with Crippen LogP contribution in [0.2, 0.25) is 0 Å². The minimum absolute atomic E-state index is 0.308. The molecule has 0 atom stereocenters. The SMILES string of the molecule is O=S(=O)(c1ccccc1)n1c(CC2CCCCC2)nc2ccccc21. The van der Waals surface area contributed by atoms with Crippen LogP contribution in [0.4, 0.5) is 0 Å². The van der Waals surface area contributed by atoms with Gasteiger partial charge in [0.2, 0.25) is 0 Å². The van der Waals surface area contributed by atoms with Crippen LogP contribution in [-0.2, 0) is 16.4 Å². The molecule has 0 bridgehead atoms. The maximum absolute atomic E-state index is 13.3. The van der Waals surface area contributed by atoms with Crippen LogP contribution in [0.1, 0.15) is 37.9 Å². The van der Waals surface area contributed by atoms with Crippen molar-refractivity contribution in [1.29, 1.82) is 0 Å². The molecule has 0 saturated heterocycles. The van der Waals surface area contributed by atoms with Crippen molar-refractivity contribution in [2.24, 2.45) is 5.92 Å². The predicted molar refractivity (Wildman–Crippen MR) is 99.0 cm³/mol. The lowest BCUT2D eigenvalue weighted by molar-refractivity contribution is 0.351. The van der Waals surface area contributed by atoms with Gasteiger partial charge in [0.1, 0.15) is 5.82 Å². The smallest absolute Gasteiger partial charge is 0.232 e. The summed E-state index contributed by atoms with van der Waals surface area (Å²) in [5, 5.41) is 0. The molecule has 2 aromatic carbocycles. The van der Waals surface area contributed by atoms with Crippen molar-refractivity contribution in [3.8, 4) is 0 Å². The number of para-hydroxylation sites is 2. The van der Waals surface area contributed by atoms with Crippen LogP contribution in [0.15, 0.2) is 59.5 Å². The lowest BCUT2D eigenvalue weighted by Crippen LogP contribution is -2.19. The van der Waals surface area contributed by atoms with Gasteiger partial charge in [0, 0.05) is 6.42 Å². The lowest BCUT2D eigenvalue weighted by Gasteiger charge is -2.21. The molecule has 4 rings (SSSR count). The molecule has 0 N–H and O–H groups in total. The molecule has 0 unspecified atom stereocenters. The molecule has 3 aromatic rings. The van der Waals surface area contributed by atoms with Gasteiger partial charge in [-0.25, -0.2) is 17.4 Å². The van der Waals surface area contributed by atoms with Crippen LogP contribution < -0.4 is 0 Å². The van der Waals surface area contributed by atoms with Crippen molar-refractivity contribution in [2.75, 3.05) is 0 Å². The molecule has 1 heterocycles. The number of hydrogen-bond donors (Lipinski definition) is 0. The molecule has 1 aliphatic rings. The number of hydrogen-bond acceptors (Lipinski definition) is 3. The van der Waals surface area contributed by atoms with Gasteiger partial charge in [-0.3, -0.25) is 0 Å². The van der Waals surface area contributed by atoms with Crippen molar-refractivity contribution in [3.05, 3.63) is 60.4 Å². The highest BCUT2D eigenvalue weighted by Gasteiger charge is 2.26. The number of benzene rings is 2. The Balaban J connectivity index is 1.85. The highest BCUT2D eigenvalue weighted by atomic mass is 32.2. The average Bonchev–Trinajstić information content (AvgIpc) is 3.02. The van der Waals surface area contributed by atoms with Crippen molar-refractivity contribution >= 4 is 21.1 Å². The normalized spacial score (nSPS) is 16.3. The van der Waals surface area contributed by atoms with Crippen LogP contribution in [-0.4, -0.2) is 17.4 Å². The topological polar surface area (TPSA) is 52.0 Å². The fourth-order valence-electron chi connectivity index (χ4n) is 3.80. The third-order valence-corrected chi connectivity index (χ3v) is 6.82. The fraction of sp³-hybridized carbons (Fsp3) is 0.350. The Morgan fingerprint density at radius 1 is 0.920 bits per heavy atom. The molecule has 0 amide bonds. The summed E-state index contributed by atoms with van der Waals surface area (Å²) in [7, 11) is -3.65. The first-order chi connectivity index (χ1) is 12.2. The van der Waals surface area contributed by atoms with Crippen molar-refractivity contribution in [2.45, 2.75) is 43.4 Å². The van der Waals surface area contributed by atoms with Gasteiger partial charge in [-0.1, -0.05) is 62.4 Å². The molecular weight excluding hydrogens is 332 g/mol. The van der Waals surface area contributed by atoms with E-state index in [1.807, 2.05) is 30.3 Å². The first-order valence-electron chi connectivity index (χ1n) is 8.93. The van der Waals surface area contributed by atoms with Crippen LogP contribution >= 0.6 is 0 Å².